The second kappa shape index (κ2) is 10.4. The molecule has 1 aliphatic heterocycles. The minimum atomic E-state index is -0.458. The molecule has 162 valence electrons. The van der Waals surface area contributed by atoms with E-state index in [9.17, 15) is 14.4 Å². The summed E-state index contributed by atoms with van der Waals surface area (Å²) in [6, 6.07) is 10.3. The van der Waals surface area contributed by atoms with Crippen LogP contribution in [0.1, 0.15) is 31.7 Å². The number of hydrogen-bond donors (Lipinski definition) is 1. The van der Waals surface area contributed by atoms with E-state index >= 15 is 0 Å². The lowest BCUT2D eigenvalue weighted by atomic mass is 9.96. The fraction of sp³-hybridized carbons (Fsp3) is 0.522. The third-order valence-corrected chi connectivity index (χ3v) is 5.56. The fourth-order valence-corrected chi connectivity index (χ4v) is 4.01. The van der Waals surface area contributed by atoms with Gasteiger partial charge in [-0.25, -0.2) is 0 Å². The normalized spacial score (nSPS) is 16.8. The van der Waals surface area contributed by atoms with Crippen LogP contribution in [0, 0.1) is 5.92 Å². The molecule has 30 heavy (non-hydrogen) atoms. The first-order chi connectivity index (χ1) is 14.5. The van der Waals surface area contributed by atoms with Crippen LogP contribution in [0.3, 0.4) is 0 Å². The number of carbonyl (C=O) groups is 1. The Balaban J connectivity index is 1.51. The summed E-state index contributed by atoms with van der Waals surface area (Å²) >= 11 is 0. The van der Waals surface area contributed by atoms with Gasteiger partial charge in [-0.1, -0.05) is 30.3 Å². The van der Waals surface area contributed by atoms with Gasteiger partial charge in [0.25, 0.3) is 10.9 Å². The van der Waals surface area contributed by atoms with Gasteiger partial charge in [-0.05, 0) is 45.3 Å². The molecule has 3 rings (SSSR count). The highest BCUT2D eigenvalue weighted by Gasteiger charge is 2.32. The number of ether oxygens (including phenoxy) is 1. The van der Waals surface area contributed by atoms with Gasteiger partial charge in [-0.2, -0.15) is 0 Å². The van der Waals surface area contributed by atoms with E-state index < -0.39 is 10.9 Å². The summed E-state index contributed by atoms with van der Waals surface area (Å²) in [4.78, 5) is 40.5. The van der Waals surface area contributed by atoms with Crippen LogP contribution in [0.15, 0.2) is 39.9 Å². The second-order valence-electron chi connectivity index (χ2n) is 7.92. The number of anilines is 2. The van der Waals surface area contributed by atoms with Crippen LogP contribution in [-0.4, -0.2) is 50.7 Å². The molecule has 1 heterocycles. The number of nitrogens with zero attached hydrogens (tertiary/aromatic N) is 2. The van der Waals surface area contributed by atoms with Crippen molar-refractivity contribution in [1.82, 2.24) is 4.90 Å². The Kier molecular flexibility index (Phi) is 7.63. The third kappa shape index (κ3) is 5.27. The summed E-state index contributed by atoms with van der Waals surface area (Å²) in [5.41, 5.74) is 1.19. The molecule has 0 unspecified atom stereocenters. The second-order valence-corrected chi connectivity index (χ2v) is 7.92. The summed E-state index contributed by atoms with van der Waals surface area (Å²) in [5, 5.41) is 3.16. The van der Waals surface area contributed by atoms with Gasteiger partial charge in [0.15, 0.2) is 0 Å². The predicted octanol–water partition coefficient (Wildman–Crippen LogP) is 2.00. The van der Waals surface area contributed by atoms with Crippen molar-refractivity contribution < 1.29 is 9.53 Å². The van der Waals surface area contributed by atoms with Crippen molar-refractivity contribution >= 4 is 17.3 Å². The van der Waals surface area contributed by atoms with Crippen molar-refractivity contribution in [2.75, 3.05) is 50.1 Å². The molecule has 1 fully saturated rings. The van der Waals surface area contributed by atoms with E-state index in [-0.39, 0.29) is 11.9 Å². The van der Waals surface area contributed by atoms with Crippen molar-refractivity contribution in [2.24, 2.45) is 5.92 Å². The van der Waals surface area contributed by atoms with Crippen LogP contribution in [-0.2, 0) is 16.1 Å². The molecule has 0 amide bonds. The van der Waals surface area contributed by atoms with Gasteiger partial charge in [0.2, 0.25) is 0 Å². The van der Waals surface area contributed by atoms with Gasteiger partial charge in [-0.3, -0.25) is 14.4 Å². The van der Waals surface area contributed by atoms with Crippen molar-refractivity contribution in [3.05, 3.63) is 56.3 Å². The van der Waals surface area contributed by atoms with Gasteiger partial charge in [0.1, 0.15) is 11.4 Å². The summed E-state index contributed by atoms with van der Waals surface area (Å²) in [5.74, 6) is -0.473. The molecular weight excluding hydrogens is 382 g/mol. The lowest BCUT2D eigenvalue weighted by molar-refractivity contribution is -0.148. The fourth-order valence-electron chi connectivity index (χ4n) is 4.01. The van der Waals surface area contributed by atoms with E-state index in [1.54, 1.807) is 6.92 Å². The molecular formula is C23H31N3O4. The lowest BCUT2D eigenvalue weighted by Crippen LogP contribution is -2.47. The van der Waals surface area contributed by atoms with E-state index in [4.69, 9.17) is 4.74 Å². The highest BCUT2D eigenvalue weighted by Crippen LogP contribution is 2.27. The number of nitrogens with one attached hydrogen (secondary N) is 1. The van der Waals surface area contributed by atoms with Crippen LogP contribution >= 0.6 is 0 Å². The van der Waals surface area contributed by atoms with Crippen molar-refractivity contribution in [1.29, 1.82) is 0 Å². The van der Waals surface area contributed by atoms with Gasteiger partial charge >= 0.3 is 5.97 Å². The molecule has 1 saturated heterocycles. The molecule has 0 aliphatic carbocycles. The van der Waals surface area contributed by atoms with Crippen LogP contribution in [0.4, 0.5) is 11.4 Å². The first-order valence-corrected chi connectivity index (χ1v) is 10.7. The molecule has 7 nitrogen and oxygen atoms in total. The first kappa shape index (κ1) is 22.0. The molecule has 1 N–H and O–H groups in total. The number of rotatable bonds is 10. The van der Waals surface area contributed by atoms with Crippen LogP contribution in [0.2, 0.25) is 0 Å². The highest BCUT2D eigenvalue weighted by atomic mass is 16.5. The Labute approximate surface area is 177 Å². The van der Waals surface area contributed by atoms with Crippen LogP contribution < -0.4 is 21.1 Å². The number of piperidine rings is 1. The maximum Gasteiger partial charge on any atom is 0.310 e. The van der Waals surface area contributed by atoms with E-state index in [0.29, 0.717) is 37.6 Å². The monoisotopic (exact) mass is 413 g/mol. The number of carbonyl (C=O) groups excluding carboxylic acids is 1. The minimum absolute atomic E-state index is 0.225. The topological polar surface area (TPSA) is 79.0 Å². The van der Waals surface area contributed by atoms with E-state index in [2.05, 4.69) is 29.4 Å². The number of esters is 1. The van der Waals surface area contributed by atoms with Crippen LogP contribution in [0.25, 0.3) is 0 Å². The summed E-state index contributed by atoms with van der Waals surface area (Å²) in [6.07, 6.45) is 2.40. The van der Waals surface area contributed by atoms with Crippen molar-refractivity contribution in [3.63, 3.8) is 0 Å². The molecule has 1 aliphatic rings. The number of benzene rings is 1. The third-order valence-electron chi connectivity index (χ3n) is 5.56. The van der Waals surface area contributed by atoms with E-state index in [1.807, 2.05) is 23.1 Å². The molecule has 0 aromatic heterocycles. The largest absolute Gasteiger partial charge is 0.466 e. The average Bonchev–Trinajstić information content (AvgIpc) is 2.76. The molecule has 0 bridgehead atoms. The molecule has 0 saturated carbocycles. The molecule has 2 aromatic rings. The first-order valence-electron chi connectivity index (χ1n) is 10.7. The Hall–Kier alpha value is -2.67. The molecule has 0 radical (unpaired) electrons. The van der Waals surface area contributed by atoms with E-state index in [0.717, 1.165) is 32.4 Å². The zero-order chi connectivity index (χ0) is 21.5. The molecule has 0 spiro atoms. The SMILES string of the molecule is CCOC(=O)[C@@H]1CCCN(c2c(NCCCN(C)Cc3ccccc3)c(=O)c2=O)C1. The maximum atomic E-state index is 12.2. The highest BCUT2D eigenvalue weighted by molar-refractivity contribution is 5.78. The minimum Gasteiger partial charge on any atom is -0.466 e. The molecule has 1 atom stereocenters. The van der Waals surface area contributed by atoms with E-state index in [1.165, 1.54) is 5.56 Å². The zero-order valence-corrected chi connectivity index (χ0v) is 17.9. The Morgan fingerprint density at radius 3 is 2.73 bits per heavy atom. The molecule has 2 aromatic carbocycles. The summed E-state index contributed by atoms with van der Waals surface area (Å²) in [7, 11) is 2.07. The van der Waals surface area contributed by atoms with Crippen molar-refractivity contribution in [2.45, 2.75) is 32.7 Å². The smallest absolute Gasteiger partial charge is 0.310 e. The van der Waals surface area contributed by atoms with Crippen molar-refractivity contribution in [3.8, 4) is 0 Å². The lowest BCUT2D eigenvalue weighted by Gasteiger charge is -2.34. The molecule has 7 heteroatoms. The Morgan fingerprint density at radius 1 is 1.23 bits per heavy atom. The van der Waals surface area contributed by atoms with Crippen LogP contribution in [0.5, 0.6) is 0 Å². The maximum absolute atomic E-state index is 12.2. The summed E-state index contributed by atoms with van der Waals surface area (Å²) < 4.78 is 5.13. The zero-order valence-electron chi connectivity index (χ0n) is 17.9. The standard InChI is InChI=1S/C23H31N3O4/c1-3-30-23(29)18-11-7-14-26(16-18)20-19(21(27)22(20)28)24-12-8-13-25(2)15-17-9-5-4-6-10-17/h4-6,9-10,18,24H,3,7-8,11-16H2,1-2H3/t18-/m1/s1. The average molecular weight is 414 g/mol. The van der Waals surface area contributed by atoms with Gasteiger partial charge in [0, 0.05) is 26.2 Å². The van der Waals surface area contributed by atoms with Gasteiger partial charge < -0.3 is 19.9 Å². The van der Waals surface area contributed by atoms with Gasteiger partial charge in [0.05, 0.1) is 12.5 Å². The Bertz CT molecular complexity index is 905. The summed E-state index contributed by atoms with van der Waals surface area (Å²) in [6.45, 7) is 5.60. The number of hydrogen-bond acceptors (Lipinski definition) is 7. The Morgan fingerprint density at radius 2 is 2.00 bits per heavy atom. The van der Waals surface area contributed by atoms with Gasteiger partial charge in [-0.15, -0.1) is 0 Å². The quantitative estimate of drug-likeness (QED) is 0.363. The predicted molar refractivity (Wildman–Crippen MR) is 119 cm³/mol.